The molecular weight excluding hydrogens is 696 g/mol. The van der Waals surface area contributed by atoms with E-state index in [-0.39, 0.29) is 44.7 Å². The van der Waals surface area contributed by atoms with Crippen LogP contribution in [0.4, 0.5) is 11.4 Å². The molecular formula is C41H56N2O11. The van der Waals surface area contributed by atoms with Crippen molar-refractivity contribution in [1.29, 1.82) is 0 Å². The number of anilines is 2. The fourth-order valence-electron chi connectivity index (χ4n) is 7.46. The molecule has 3 aliphatic rings. The van der Waals surface area contributed by atoms with Crippen molar-refractivity contribution in [3.63, 3.8) is 0 Å². The van der Waals surface area contributed by atoms with Crippen molar-refractivity contribution in [2.45, 2.75) is 99.4 Å². The summed E-state index contributed by atoms with van der Waals surface area (Å²) in [4.78, 5) is 42.1. The van der Waals surface area contributed by atoms with Gasteiger partial charge in [-0.25, -0.2) is 0 Å². The maximum Gasteiger partial charge on any atom is 0.312 e. The number of nitrogens with zero attached hydrogens (tertiary/aromatic N) is 1. The number of methoxy groups -OCH3 is 1. The van der Waals surface area contributed by atoms with E-state index in [0.29, 0.717) is 18.8 Å². The quantitative estimate of drug-likeness (QED) is 0.180. The van der Waals surface area contributed by atoms with E-state index in [9.17, 15) is 34.8 Å². The zero-order valence-corrected chi connectivity index (χ0v) is 33.1. The molecule has 13 heteroatoms. The number of hydrogen-bond donors (Lipinski definition) is 5. The number of phenolic OH excluding ortho intramolecular Hbond substituents is 2. The van der Waals surface area contributed by atoms with Gasteiger partial charge in [-0.2, -0.15) is 0 Å². The summed E-state index contributed by atoms with van der Waals surface area (Å²) in [5.41, 5.74) is 1.06. The molecule has 5 bridgehead atoms. The molecule has 0 radical (unpaired) electrons. The lowest BCUT2D eigenvalue weighted by Gasteiger charge is -2.38. The number of rotatable bonds is 5. The number of benzene rings is 2. The molecule has 13 nitrogen and oxygen atoms in total. The van der Waals surface area contributed by atoms with Crippen molar-refractivity contribution in [2.24, 2.45) is 23.7 Å². The van der Waals surface area contributed by atoms with Crippen LogP contribution in [0.3, 0.4) is 0 Å². The Morgan fingerprint density at radius 1 is 0.963 bits per heavy atom. The molecule has 0 saturated heterocycles. The molecule has 0 saturated carbocycles. The van der Waals surface area contributed by atoms with E-state index >= 15 is 0 Å². The van der Waals surface area contributed by atoms with Gasteiger partial charge in [0, 0.05) is 79.9 Å². The fraction of sp³-hybridized carbons (Fsp3) is 0.537. The van der Waals surface area contributed by atoms with Crippen molar-refractivity contribution in [3.8, 4) is 17.2 Å². The Morgan fingerprint density at radius 2 is 1.61 bits per heavy atom. The molecule has 2 aromatic carbocycles. The Bertz CT molecular complexity index is 1850. The number of aromatic hydroxyl groups is 2. The van der Waals surface area contributed by atoms with Gasteiger partial charge in [0.05, 0.1) is 41.2 Å². The standard InChI is InChI=1S/C41H56N2O11/c1-12-43(13-2)28-19-27-36(48)31-30(28)32-38(25(8)35(31)47)54-41(10,39(32)49)52-18-17-29(51-11)22(5)37(53-26(9)44)24(7)34(46)23(6)33(45)20(3)15-14-16-21(4)40(50)42-27/h14-20,22-24,29,33-34,37,45-48H,12-13H2,1-11H3,(H,42,50)/b15-14+,18-17+,21-16-/t20-,22-,23+,24-,29-,33-,34+,37+,41-/m0/s1. The maximum absolute atomic E-state index is 14.4. The topological polar surface area (TPSA) is 184 Å². The SMILES string of the molecule is CCN(CC)c1cc2c(O)c3c(O)c(C)c4c(c13)C(=O)[C@@](C)(O/C=C/[C@H](OC)[C@H](C)[C@@H](OC(C)=O)[C@@H](C)[C@H](O)[C@H](C)[C@@H](O)[C@@H](C)/C=C/C=C(/C)C(=O)N2)O4. The fourth-order valence-corrected chi connectivity index (χ4v) is 7.46. The first-order valence-corrected chi connectivity index (χ1v) is 18.5. The summed E-state index contributed by atoms with van der Waals surface area (Å²) >= 11 is 0. The highest BCUT2D eigenvalue weighted by molar-refractivity contribution is 6.23. The second kappa shape index (κ2) is 16.8. The van der Waals surface area contributed by atoms with E-state index < -0.39 is 77.3 Å². The van der Waals surface area contributed by atoms with Crippen molar-refractivity contribution < 1.29 is 53.8 Å². The van der Waals surface area contributed by atoms with Crippen molar-refractivity contribution in [1.82, 2.24) is 0 Å². The smallest absolute Gasteiger partial charge is 0.312 e. The molecule has 0 spiro atoms. The van der Waals surface area contributed by atoms with Crippen molar-refractivity contribution >= 4 is 39.8 Å². The molecule has 0 aliphatic carbocycles. The average molecular weight is 753 g/mol. The minimum absolute atomic E-state index is 0.0241. The van der Waals surface area contributed by atoms with Crippen LogP contribution in [-0.4, -0.2) is 88.5 Å². The molecule has 54 heavy (non-hydrogen) atoms. The third kappa shape index (κ3) is 7.94. The molecule has 1 amide bonds. The summed E-state index contributed by atoms with van der Waals surface area (Å²) in [5.74, 6) is -6.56. The Balaban J connectivity index is 1.95. The largest absolute Gasteiger partial charge is 0.507 e. The van der Waals surface area contributed by atoms with E-state index in [1.165, 1.54) is 27.2 Å². The van der Waals surface area contributed by atoms with Gasteiger partial charge in [-0.05, 0) is 39.8 Å². The van der Waals surface area contributed by atoms with Gasteiger partial charge < -0.3 is 49.6 Å². The van der Waals surface area contributed by atoms with Crippen LogP contribution in [0.5, 0.6) is 17.2 Å². The van der Waals surface area contributed by atoms with Gasteiger partial charge in [0.2, 0.25) is 0 Å². The number of aliphatic hydroxyl groups is 2. The molecule has 2 aromatic rings. The van der Waals surface area contributed by atoms with Gasteiger partial charge in [0.1, 0.15) is 17.6 Å². The number of Topliss-reactive ketones (excluding diaryl/α,β-unsaturated/α-hetero) is 1. The molecule has 296 valence electrons. The molecule has 5 rings (SSSR count). The number of esters is 1. The minimum atomic E-state index is -1.90. The first-order valence-electron chi connectivity index (χ1n) is 18.5. The van der Waals surface area contributed by atoms with Crippen LogP contribution in [0.25, 0.3) is 10.8 Å². The first kappa shape index (κ1) is 42.2. The highest BCUT2D eigenvalue weighted by Gasteiger charge is 2.49. The molecule has 3 heterocycles. The second-order valence-electron chi connectivity index (χ2n) is 14.6. The summed E-state index contributed by atoms with van der Waals surface area (Å²) < 4.78 is 23.7. The average Bonchev–Trinajstić information content (AvgIpc) is 3.40. The lowest BCUT2D eigenvalue weighted by molar-refractivity contribution is -0.160. The third-order valence-corrected chi connectivity index (χ3v) is 10.9. The number of allylic oxidation sites excluding steroid dienone is 2. The predicted octanol–water partition coefficient (Wildman–Crippen LogP) is 5.89. The number of carbonyl (C=O) groups excluding carboxylic acids is 3. The molecule has 9 atom stereocenters. The van der Waals surface area contributed by atoms with Crippen LogP contribution < -0.4 is 15.0 Å². The van der Waals surface area contributed by atoms with E-state index in [4.69, 9.17) is 18.9 Å². The zero-order chi connectivity index (χ0) is 40.4. The molecule has 3 aliphatic heterocycles. The number of ketones is 1. The van der Waals surface area contributed by atoms with Gasteiger partial charge in [-0.15, -0.1) is 0 Å². The van der Waals surface area contributed by atoms with Gasteiger partial charge in [0.25, 0.3) is 11.7 Å². The Kier molecular flexibility index (Phi) is 13.1. The summed E-state index contributed by atoms with van der Waals surface area (Å²) in [6.07, 6.45) is 4.02. The Hall–Kier alpha value is -4.59. The van der Waals surface area contributed by atoms with Crippen LogP contribution in [0.1, 0.15) is 78.2 Å². The lowest BCUT2D eigenvalue weighted by atomic mass is 9.78. The van der Waals surface area contributed by atoms with Gasteiger partial charge in [-0.1, -0.05) is 45.9 Å². The number of amides is 1. The maximum atomic E-state index is 14.4. The number of carbonyl (C=O) groups is 3. The van der Waals surface area contributed by atoms with Gasteiger partial charge in [0.15, 0.2) is 5.75 Å². The molecule has 0 aromatic heterocycles. The van der Waals surface area contributed by atoms with E-state index in [0.717, 1.165) is 0 Å². The molecule has 0 unspecified atom stereocenters. The van der Waals surface area contributed by atoms with Crippen LogP contribution in [-0.2, 0) is 23.8 Å². The van der Waals surface area contributed by atoms with E-state index in [1.807, 2.05) is 18.7 Å². The predicted molar refractivity (Wildman–Crippen MR) is 206 cm³/mol. The monoisotopic (exact) mass is 752 g/mol. The lowest BCUT2D eigenvalue weighted by Crippen LogP contribution is -2.46. The highest BCUT2D eigenvalue weighted by Crippen LogP contribution is 2.54. The third-order valence-electron chi connectivity index (χ3n) is 10.9. The highest BCUT2D eigenvalue weighted by atomic mass is 16.7. The molecule has 0 fully saturated rings. The van der Waals surface area contributed by atoms with Crippen LogP contribution in [0.15, 0.2) is 42.2 Å². The van der Waals surface area contributed by atoms with Crippen LogP contribution in [0.2, 0.25) is 0 Å². The van der Waals surface area contributed by atoms with E-state index in [2.05, 4.69) is 5.32 Å². The van der Waals surface area contributed by atoms with E-state index in [1.54, 1.807) is 71.9 Å². The summed E-state index contributed by atoms with van der Waals surface area (Å²) in [7, 11) is 1.47. The number of fused-ring (bicyclic) bond motifs is 14. The summed E-state index contributed by atoms with van der Waals surface area (Å²) in [6, 6.07) is 1.57. The number of aliphatic hydroxyl groups excluding tert-OH is 2. The summed E-state index contributed by atoms with van der Waals surface area (Å²) in [5, 5.41) is 49.0. The minimum Gasteiger partial charge on any atom is -0.507 e. The van der Waals surface area contributed by atoms with Crippen molar-refractivity contribution in [2.75, 3.05) is 30.4 Å². The summed E-state index contributed by atoms with van der Waals surface area (Å²) in [6.45, 7) is 17.7. The zero-order valence-electron chi connectivity index (χ0n) is 33.1. The van der Waals surface area contributed by atoms with Gasteiger partial charge >= 0.3 is 11.8 Å². The number of nitrogens with one attached hydrogen (secondary N) is 1. The number of ether oxygens (including phenoxy) is 4. The second-order valence-corrected chi connectivity index (χ2v) is 14.6. The normalized spacial score (nSPS) is 31.6. The van der Waals surface area contributed by atoms with Crippen LogP contribution in [0, 0.1) is 30.6 Å². The Morgan fingerprint density at radius 3 is 2.20 bits per heavy atom. The van der Waals surface area contributed by atoms with Crippen molar-refractivity contribution in [3.05, 3.63) is 53.3 Å². The number of hydrogen-bond acceptors (Lipinski definition) is 12. The Labute approximate surface area is 317 Å². The molecule has 5 N–H and O–H groups in total. The van der Waals surface area contributed by atoms with Gasteiger partial charge in [-0.3, -0.25) is 14.4 Å². The van der Waals surface area contributed by atoms with Crippen LogP contribution >= 0.6 is 0 Å². The number of phenols is 2. The first-order chi connectivity index (χ1) is 25.3.